The van der Waals surface area contributed by atoms with Crippen LogP contribution in [0.15, 0.2) is 41.8 Å². The largest absolute Gasteiger partial charge is 0.479 e. The molecule has 0 saturated carbocycles. The molecule has 4 rings (SSSR count). The van der Waals surface area contributed by atoms with Gasteiger partial charge in [0.15, 0.2) is 11.2 Å². The van der Waals surface area contributed by atoms with Crippen molar-refractivity contribution in [3.8, 4) is 16.3 Å². The zero-order valence-corrected chi connectivity index (χ0v) is 19.2. The number of nitrogens with one attached hydrogen (secondary N) is 2. The smallest absolute Gasteiger partial charge is 0.267 e. The van der Waals surface area contributed by atoms with E-state index in [2.05, 4.69) is 15.6 Å². The van der Waals surface area contributed by atoms with Crippen molar-refractivity contribution in [1.82, 2.24) is 10.3 Å². The molecule has 166 valence electrons. The number of carbonyl (C=O) groups is 3. The zero-order valence-electron chi connectivity index (χ0n) is 17.6. The summed E-state index contributed by atoms with van der Waals surface area (Å²) in [6.07, 6.45) is -0.447. The van der Waals surface area contributed by atoms with Crippen LogP contribution >= 0.6 is 22.7 Å². The molecule has 1 aromatic carbocycles. The molecule has 0 spiro atoms. The Balaban J connectivity index is 1.35. The minimum Gasteiger partial charge on any atom is -0.479 e. The molecule has 8 nitrogen and oxygen atoms in total. The molecule has 2 aromatic heterocycles. The van der Waals surface area contributed by atoms with Gasteiger partial charge in [0.2, 0.25) is 11.8 Å². The number of benzene rings is 1. The van der Waals surface area contributed by atoms with Gasteiger partial charge < -0.3 is 20.3 Å². The molecule has 3 amide bonds. The third kappa shape index (κ3) is 4.97. The summed E-state index contributed by atoms with van der Waals surface area (Å²) in [5, 5.41) is 7.97. The minimum absolute atomic E-state index is 0.0738. The van der Waals surface area contributed by atoms with Gasteiger partial charge in [0.25, 0.3) is 5.91 Å². The van der Waals surface area contributed by atoms with E-state index in [0.717, 1.165) is 15.4 Å². The summed E-state index contributed by atoms with van der Waals surface area (Å²) in [6, 6.07) is 11.2. The molecule has 0 bridgehead atoms. The maximum absolute atomic E-state index is 12.5. The number of ether oxygens (including phenoxy) is 1. The third-order valence-electron chi connectivity index (χ3n) is 4.81. The highest BCUT2D eigenvalue weighted by Crippen LogP contribution is 2.34. The number of hydrogen-bond acceptors (Lipinski definition) is 7. The van der Waals surface area contributed by atoms with Gasteiger partial charge in [-0.3, -0.25) is 14.4 Å². The number of anilines is 2. The van der Waals surface area contributed by atoms with Crippen LogP contribution in [0, 0.1) is 0 Å². The number of aromatic nitrogens is 1. The van der Waals surface area contributed by atoms with Gasteiger partial charge in [-0.25, -0.2) is 4.98 Å². The monoisotopic (exact) mass is 470 g/mol. The van der Waals surface area contributed by atoms with E-state index in [9.17, 15) is 14.4 Å². The zero-order chi connectivity index (χ0) is 22.7. The van der Waals surface area contributed by atoms with E-state index in [1.54, 1.807) is 23.2 Å². The quantitative estimate of drug-likeness (QED) is 0.549. The van der Waals surface area contributed by atoms with E-state index in [0.29, 0.717) is 23.1 Å². The van der Waals surface area contributed by atoms with Crippen molar-refractivity contribution in [2.75, 3.05) is 16.8 Å². The summed E-state index contributed by atoms with van der Waals surface area (Å²) in [5.41, 5.74) is 1.45. The van der Waals surface area contributed by atoms with Gasteiger partial charge in [0.1, 0.15) is 5.75 Å². The maximum Gasteiger partial charge on any atom is 0.267 e. The average molecular weight is 471 g/mol. The normalized spacial score (nSPS) is 15.1. The lowest BCUT2D eigenvalue weighted by molar-refractivity contribution is -0.125. The van der Waals surface area contributed by atoms with Crippen molar-refractivity contribution in [2.24, 2.45) is 0 Å². The molecule has 1 atom stereocenters. The Morgan fingerprint density at radius 2 is 2.03 bits per heavy atom. The molecule has 32 heavy (non-hydrogen) atoms. The highest BCUT2D eigenvalue weighted by atomic mass is 32.1. The molecule has 0 saturated heterocycles. The summed E-state index contributed by atoms with van der Waals surface area (Å²) < 4.78 is 5.63. The molecule has 10 heteroatoms. The second-order valence-electron chi connectivity index (χ2n) is 7.23. The summed E-state index contributed by atoms with van der Waals surface area (Å²) in [4.78, 5) is 44.2. The number of fused-ring (bicyclic) bond motifs is 1. The minimum atomic E-state index is -0.587. The van der Waals surface area contributed by atoms with Crippen molar-refractivity contribution in [3.05, 3.63) is 46.7 Å². The van der Waals surface area contributed by atoms with E-state index < -0.39 is 6.10 Å². The molecule has 3 heterocycles. The van der Waals surface area contributed by atoms with Gasteiger partial charge in [-0.15, -0.1) is 22.7 Å². The van der Waals surface area contributed by atoms with Crippen LogP contribution < -0.4 is 20.3 Å². The van der Waals surface area contributed by atoms with E-state index in [1.807, 2.05) is 41.8 Å². The lowest BCUT2D eigenvalue weighted by atomic mass is 10.1. The molecule has 0 fully saturated rings. The van der Waals surface area contributed by atoms with Crippen molar-refractivity contribution in [3.63, 3.8) is 0 Å². The molecule has 0 radical (unpaired) electrons. The van der Waals surface area contributed by atoms with Gasteiger partial charge in [-0.05, 0) is 31.2 Å². The van der Waals surface area contributed by atoms with Gasteiger partial charge in [-0.1, -0.05) is 12.1 Å². The Hall–Kier alpha value is -3.24. The summed E-state index contributed by atoms with van der Waals surface area (Å²) in [6.45, 7) is 3.92. The Morgan fingerprint density at radius 3 is 2.84 bits per heavy atom. The fraction of sp³-hybridized carbons (Fsp3) is 0.273. The van der Waals surface area contributed by atoms with Crippen LogP contribution in [0.2, 0.25) is 0 Å². The van der Waals surface area contributed by atoms with Crippen molar-refractivity contribution in [2.45, 2.75) is 32.9 Å². The van der Waals surface area contributed by atoms with E-state index in [-0.39, 0.29) is 30.7 Å². The number of rotatable bonds is 7. The molecule has 2 N–H and O–H groups in total. The first-order valence-electron chi connectivity index (χ1n) is 10.1. The first-order chi connectivity index (χ1) is 15.4. The molecule has 0 unspecified atom stereocenters. The number of thiophene rings is 1. The lowest BCUT2D eigenvalue weighted by Crippen LogP contribution is -2.45. The number of hydrogen-bond donors (Lipinski definition) is 2. The van der Waals surface area contributed by atoms with Crippen molar-refractivity contribution < 1.29 is 19.1 Å². The number of thiazole rings is 1. The first-order valence-corrected chi connectivity index (χ1v) is 11.8. The molecule has 3 aromatic rings. The Bertz CT molecular complexity index is 1160. The van der Waals surface area contributed by atoms with Gasteiger partial charge >= 0.3 is 0 Å². The van der Waals surface area contributed by atoms with Crippen LogP contribution in [0.4, 0.5) is 10.8 Å². The highest BCUT2D eigenvalue weighted by molar-refractivity contribution is 7.17. The van der Waals surface area contributed by atoms with E-state index in [1.165, 1.54) is 18.3 Å². The second-order valence-corrected chi connectivity index (χ2v) is 9.26. The summed E-state index contributed by atoms with van der Waals surface area (Å²) in [7, 11) is 0. The Labute approximate surface area is 193 Å². The van der Waals surface area contributed by atoms with Gasteiger partial charge in [0.05, 0.1) is 22.8 Å². The van der Waals surface area contributed by atoms with Crippen LogP contribution in [0.1, 0.15) is 25.1 Å². The van der Waals surface area contributed by atoms with Crippen molar-refractivity contribution in [1.29, 1.82) is 0 Å². The van der Waals surface area contributed by atoms with Crippen LogP contribution in [-0.4, -0.2) is 35.4 Å². The standard InChI is InChI=1S/C22H22N4O4S2/c1-13-21(29)26(17-5-3-4-6-18(17)30-13)10-9-20(28)25-22-24-16(12-31-22)19-8-7-15(32-19)11-23-14(2)27/h3-8,12-13H,9-11H2,1-2H3,(H,23,27)(H,24,25,28)/t13-/m1/s1. The fourth-order valence-electron chi connectivity index (χ4n) is 3.25. The van der Waals surface area contributed by atoms with Gasteiger partial charge in [-0.2, -0.15) is 0 Å². The topological polar surface area (TPSA) is 101 Å². The molecule has 1 aliphatic rings. The third-order valence-corrected chi connectivity index (χ3v) is 6.68. The number of carbonyl (C=O) groups excluding carboxylic acids is 3. The van der Waals surface area contributed by atoms with Crippen LogP contribution in [-0.2, 0) is 20.9 Å². The molecule has 0 aliphatic carbocycles. The average Bonchev–Trinajstić information content (AvgIpc) is 3.42. The van der Waals surface area contributed by atoms with Crippen LogP contribution in [0.25, 0.3) is 10.6 Å². The number of amides is 3. The molecular weight excluding hydrogens is 448 g/mol. The summed E-state index contributed by atoms with van der Waals surface area (Å²) >= 11 is 2.89. The van der Waals surface area contributed by atoms with Gasteiger partial charge in [0, 0.05) is 30.1 Å². The lowest BCUT2D eigenvalue weighted by Gasteiger charge is -2.32. The maximum atomic E-state index is 12.5. The first kappa shape index (κ1) is 22.0. The summed E-state index contributed by atoms with van der Waals surface area (Å²) in [5.74, 6) is 0.183. The number of para-hydroxylation sites is 2. The van der Waals surface area contributed by atoms with Crippen LogP contribution in [0.3, 0.4) is 0 Å². The number of nitrogens with zero attached hydrogens (tertiary/aromatic N) is 2. The van der Waals surface area contributed by atoms with Crippen LogP contribution in [0.5, 0.6) is 5.75 Å². The predicted octanol–water partition coefficient (Wildman–Crippen LogP) is 3.65. The highest BCUT2D eigenvalue weighted by Gasteiger charge is 2.31. The predicted molar refractivity (Wildman–Crippen MR) is 125 cm³/mol. The Morgan fingerprint density at radius 1 is 1.22 bits per heavy atom. The van der Waals surface area contributed by atoms with E-state index in [4.69, 9.17) is 4.74 Å². The SMILES string of the molecule is CC(=O)NCc1ccc(-c2csc(NC(=O)CCN3C(=O)[C@@H](C)Oc4ccccc43)n2)s1. The van der Waals surface area contributed by atoms with E-state index >= 15 is 0 Å². The fourth-order valence-corrected chi connectivity index (χ4v) is 4.96. The Kier molecular flexibility index (Phi) is 6.52. The second kappa shape index (κ2) is 9.49. The van der Waals surface area contributed by atoms with Crippen molar-refractivity contribution >= 4 is 51.2 Å². The molecule has 1 aliphatic heterocycles. The molecular formula is C22H22N4O4S2.